The van der Waals surface area contributed by atoms with Gasteiger partial charge in [-0.1, -0.05) is 12.1 Å². The SMILES string of the molecule is CCNC(=NCCCCc1ccc(OC)cc1)N1CCCC(CC(N)=O)C1.I. The first-order valence-electron chi connectivity index (χ1n) is 10.1. The maximum atomic E-state index is 11.2. The van der Waals surface area contributed by atoms with Gasteiger partial charge in [0.15, 0.2) is 5.96 Å². The number of nitrogens with zero attached hydrogens (tertiary/aromatic N) is 2. The van der Waals surface area contributed by atoms with E-state index in [1.165, 1.54) is 5.56 Å². The Balaban J connectivity index is 0.00000392. The van der Waals surface area contributed by atoms with Crippen molar-refractivity contribution in [2.75, 3.05) is 33.3 Å². The van der Waals surface area contributed by atoms with Crippen LogP contribution in [-0.4, -0.2) is 50.1 Å². The van der Waals surface area contributed by atoms with E-state index in [1.54, 1.807) is 7.11 Å². The summed E-state index contributed by atoms with van der Waals surface area (Å²) < 4.78 is 5.19. The van der Waals surface area contributed by atoms with Crippen LogP contribution in [0.15, 0.2) is 29.3 Å². The Labute approximate surface area is 186 Å². The molecular formula is C21H35IN4O2. The number of benzene rings is 1. The monoisotopic (exact) mass is 502 g/mol. The zero-order valence-corrected chi connectivity index (χ0v) is 19.5. The molecule has 158 valence electrons. The first kappa shape index (κ1) is 24.5. The van der Waals surface area contributed by atoms with Crippen LogP contribution in [0.25, 0.3) is 0 Å². The molecule has 1 aliphatic rings. The van der Waals surface area contributed by atoms with Gasteiger partial charge < -0.3 is 20.7 Å². The van der Waals surface area contributed by atoms with E-state index >= 15 is 0 Å². The summed E-state index contributed by atoms with van der Waals surface area (Å²) in [4.78, 5) is 18.3. The maximum Gasteiger partial charge on any atom is 0.217 e. The number of carbonyl (C=O) groups is 1. The van der Waals surface area contributed by atoms with Gasteiger partial charge in [-0.2, -0.15) is 0 Å². The van der Waals surface area contributed by atoms with Gasteiger partial charge in [0.05, 0.1) is 7.11 Å². The van der Waals surface area contributed by atoms with Crippen LogP contribution in [0.5, 0.6) is 5.75 Å². The van der Waals surface area contributed by atoms with Gasteiger partial charge in [0, 0.05) is 32.6 Å². The standard InChI is InChI=1S/C21H34N4O2.HI/c1-3-23-21(25-14-6-8-18(16-25)15-20(22)26)24-13-5-4-7-17-9-11-19(27-2)12-10-17;/h9-12,18H,3-8,13-16H2,1-2H3,(H2,22,26)(H,23,24);1H. The first-order valence-corrected chi connectivity index (χ1v) is 10.1. The Kier molecular flexibility index (Phi) is 11.9. The molecule has 0 radical (unpaired) electrons. The van der Waals surface area contributed by atoms with Crippen LogP contribution >= 0.6 is 24.0 Å². The number of rotatable bonds is 9. The second-order valence-corrected chi connectivity index (χ2v) is 7.17. The third-order valence-corrected chi connectivity index (χ3v) is 4.94. The van der Waals surface area contributed by atoms with Crippen LogP contribution in [0.3, 0.4) is 0 Å². The Morgan fingerprint density at radius 2 is 2.07 bits per heavy atom. The molecule has 2 rings (SSSR count). The number of aliphatic imine (C=N–C) groups is 1. The molecule has 1 aliphatic heterocycles. The summed E-state index contributed by atoms with van der Waals surface area (Å²) in [5.74, 6) is 2.00. The van der Waals surface area contributed by atoms with Gasteiger partial charge in [0.25, 0.3) is 0 Å². The van der Waals surface area contributed by atoms with Gasteiger partial charge in [0.2, 0.25) is 5.91 Å². The average molecular weight is 502 g/mol. The van der Waals surface area contributed by atoms with E-state index < -0.39 is 0 Å². The van der Waals surface area contributed by atoms with E-state index in [1.807, 2.05) is 12.1 Å². The Hall–Kier alpha value is -1.51. The molecule has 6 nitrogen and oxygen atoms in total. The third kappa shape index (κ3) is 8.67. The van der Waals surface area contributed by atoms with E-state index in [0.29, 0.717) is 12.3 Å². The Bertz CT molecular complexity index is 607. The fourth-order valence-corrected chi connectivity index (χ4v) is 3.55. The molecule has 1 amide bonds. The molecule has 28 heavy (non-hydrogen) atoms. The van der Waals surface area contributed by atoms with Gasteiger partial charge in [-0.05, 0) is 62.6 Å². The third-order valence-electron chi connectivity index (χ3n) is 4.94. The highest BCUT2D eigenvalue weighted by molar-refractivity contribution is 14.0. The number of halogens is 1. The summed E-state index contributed by atoms with van der Waals surface area (Å²) in [5.41, 5.74) is 6.70. The molecule has 1 unspecified atom stereocenters. The number of aryl methyl sites for hydroxylation is 1. The van der Waals surface area contributed by atoms with Crippen molar-refractivity contribution in [1.82, 2.24) is 10.2 Å². The van der Waals surface area contributed by atoms with Crippen molar-refractivity contribution < 1.29 is 9.53 Å². The molecule has 0 spiro atoms. The lowest BCUT2D eigenvalue weighted by molar-refractivity contribution is -0.119. The highest BCUT2D eigenvalue weighted by Gasteiger charge is 2.23. The van der Waals surface area contributed by atoms with Gasteiger partial charge in [-0.15, -0.1) is 24.0 Å². The minimum absolute atomic E-state index is 0. The van der Waals surface area contributed by atoms with Crippen molar-refractivity contribution in [2.45, 2.75) is 45.4 Å². The van der Waals surface area contributed by atoms with Crippen molar-refractivity contribution in [2.24, 2.45) is 16.6 Å². The van der Waals surface area contributed by atoms with Crippen molar-refractivity contribution in [3.05, 3.63) is 29.8 Å². The Morgan fingerprint density at radius 3 is 2.71 bits per heavy atom. The van der Waals surface area contributed by atoms with Crippen molar-refractivity contribution >= 4 is 35.8 Å². The number of ether oxygens (including phenoxy) is 1. The van der Waals surface area contributed by atoms with Gasteiger partial charge in [-0.25, -0.2) is 0 Å². The molecule has 1 aromatic rings. The second kappa shape index (κ2) is 13.6. The molecule has 1 aromatic carbocycles. The van der Waals surface area contributed by atoms with Crippen molar-refractivity contribution in [3.63, 3.8) is 0 Å². The average Bonchev–Trinajstić information content (AvgIpc) is 2.67. The van der Waals surface area contributed by atoms with Crippen LogP contribution in [0.2, 0.25) is 0 Å². The van der Waals surface area contributed by atoms with E-state index in [9.17, 15) is 4.79 Å². The highest BCUT2D eigenvalue weighted by atomic mass is 127. The van der Waals surface area contributed by atoms with Crippen LogP contribution < -0.4 is 15.8 Å². The summed E-state index contributed by atoms with van der Waals surface area (Å²) in [7, 11) is 1.69. The van der Waals surface area contributed by atoms with Crippen LogP contribution in [0.1, 0.15) is 44.6 Å². The van der Waals surface area contributed by atoms with Crippen LogP contribution in [0.4, 0.5) is 0 Å². The summed E-state index contributed by atoms with van der Waals surface area (Å²) in [6, 6.07) is 8.27. The minimum atomic E-state index is -0.206. The van der Waals surface area contributed by atoms with Crippen molar-refractivity contribution in [1.29, 1.82) is 0 Å². The fraction of sp³-hybridized carbons (Fsp3) is 0.619. The van der Waals surface area contributed by atoms with E-state index in [-0.39, 0.29) is 29.9 Å². The van der Waals surface area contributed by atoms with Crippen LogP contribution in [0, 0.1) is 5.92 Å². The number of piperidine rings is 1. The number of hydrogen-bond acceptors (Lipinski definition) is 3. The van der Waals surface area contributed by atoms with E-state index in [4.69, 9.17) is 15.5 Å². The predicted molar refractivity (Wildman–Crippen MR) is 125 cm³/mol. The number of guanidine groups is 1. The second-order valence-electron chi connectivity index (χ2n) is 7.17. The molecule has 1 heterocycles. The molecule has 7 heteroatoms. The number of likely N-dealkylation sites (tertiary alicyclic amines) is 1. The smallest absolute Gasteiger partial charge is 0.217 e. The molecular weight excluding hydrogens is 467 g/mol. The number of carbonyl (C=O) groups excluding carboxylic acids is 1. The number of nitrogens with two attached hydrogens (primary N) is 1. The lowest BCUT2D eigenvalue weighted by Crippen LogP contribution is -2.47. The summed E-state index contributed by atoms with van der Waals surface area (Å²) >= 11 is 0. The molecule has 1 atom stereocenters. The number of unbranched alkanes of at least 4 members (excludes halogenated alkanes) is 1. The molecule has 3 N–H and O–H groups in total. The molecule has 0 saturated carbocycles. The molecule has 0 aromatic heterocycles. The molecule has 1 saturated heterocycles. The van der Waals surface area contributed by atoms with Gasteiger partial charge in [0.1, 0.15) is 5.75 Å². The minimum Gasteiger partial charge on any atom is -0.497 e. The summed E-state index contributed by atoms with van der Waals surface area (Å²) in [5, 5.41) is 3.39. The largest absolute Gasteiger partial charge is 0.497 e. The maximum absolute atomic E-state index is 11.2. The molecule has 1 fully saturated rings. The zero-order valence-electron chi connectivity index (χ0n) is 17.2. The normalized spacial score (nSPS) is 17.0. The summed E-state index contributed by atoms with van der Waals surface area (Å²) in [6.45, 7) is 5.61. The number of primary amides is 1. The lowest BCUT2D eigenvalue weighted by Gasteiger charge is -2.34. The van der Waals surface area contributed by atoms with E-state index in [2.05, 4.69) is 29.3 Å². The highest BCUT2D eigenvalue weighted by Crippen LogP contribution is 2.19. The van der Waals surface area contributed by atoms with Crippen molar-refractivity contribution in [3.8, 4) is 5.75 Å². The summed E-state index contributed by atoms with van der Waals surface area (Å²) in [6.07, 6.45) is 5.85. The quantitative estimate of drug-likeness (QED) is 0.235. The van der Waals surface area contributed by atoms with Gasteiger partial charge >= 0.3 is 0 Å². The Morgan fingerprint density at radius 1 is 1.32 bits per heavy atom. The zero-order chi connectivity index (χ0) is 19.5. The fourth-order valence-electron chi connectivity index (χ4n) is 3.55. The number of methoxy groups -OCH3 is 1. The molecule has 0 aliphatic carbocycles. The van der Waals surface area contributed by atoms with Crippen LogP contribution in [-0.2, 0) is 11.2 Å². The molecule has 0 bridgehead atoms. The number of nitrogens with one attached hydrogen (secondary N) is 1. The topological polar surface area (TPSA) is 80.0 Å². The number of hydrogen-bond donors (Lipinski definition) is 2. The first-order chi connectivity index (χ1) is 13.1. The lowest BCUT2D eigenvalue weighted by atomic mass is 9.95. The van der Waals surface area contributed by atoms with E-state index in [0.717, 1.165) is 70.0 Å². The number of amides is 1. The predicted octanol–water partition coefficient (Wildman–Crippen LogP) is 3.19. The van der Waals surface area contributed by atoms with Gasteiger partial charge in [-0.3, -0.25) is 9.79 Å².